The Hall–Kier alpha value is -0.530. The van der Waals surface area contributed by atoms with E-state index in [1.54, 1.807) is 0 Å². The Balaban J connectivity index is 2.31. The predicted molar refractivity (Wildman–Crippen MR) is 82.2 cm³/mol. The van der Waals surface area contributed by atoms with Gasteiger partial charge in [-0.1, -0.05) is 64.7 Å². The van der Waals surface area contributed by atoms with Gasteiger partial charge in [-0.3, -0.25) is 4.79 Å². The van der Waals surface area contributed by atoms with Gasteiger partial charge < -0.3 is 5.32 Å². The summed E-state index contributed by atoms with van der Waals surface area (Å²) in [4.78, 5) is 12.3. The van der Waals surface area contributed by atoms with Gasteiger partial charge in [0.05, 0.1) is 0 Å². The van der Waals surface area contributed by atoms with E-state index in [0.29, 0.717) is 11.9 Å². The van der Waals surface area contributed by atoms with Gasteiger partial charge in [-0.25, -0.2) is 0 Å². The second kappa shape index (κ2) is 10.3. The minimum atomic E-state index is 0.280. The molecule has 1 N–H and O–H groups in total. The van der Waals surface area contributed by atoms with Gasteiger partial charge in [0.2, 0.25) is 5.91 Å². The number of hydrogen-bond acceptors (Lipinski definition) is 1. The van der Waals surface area contributed by atoms with Crippen molar-refractivity contribution in [1.82, 2.24) is 5.32 Å². The van der Waals surface area contributed by atoms with E-state index in [4.69, 9.17) is 0 Å². The van der Waals surface area contributed by atoms with Crippen LogP contribution in [-0.2, 0) is 4.79 Å². The van der Waals surface area contributed by atoms with Crippen molar-refractivity contribution in [2.75, 3.05) is 0 Å². The van der Waals surface area contributed by atoms with E-state index in [2.05, 4.69) is 19.2 Å². The maximum atomic E-state index is 12.3. The van der Waals surface area contributed by atoms with Crippen molar-refractivity contribution in [1.29, 1.82) is 0 Å². The number of carbonyl (C=O) groups is 1. The Morgan fingerprint density at radius 2 is 1.68 bits per heavy atom. The van der Waals surface area contributed by atoms with E-state index in [1.165, 1.54) is 57.8 Å². The van der Waals surface area contributed by atoms with Crippen LogP contribution in [0.25, 0.3) is 0 Å². The Morgan fingerprint density at radius 3 is 2.42 bits per heavy atom. The van der Waals surface area contributed by atoms with Gasteiger partial charge in [-0.15, -0.1) is 0 Å². The summed E-state index contributed by atoms with van der Waals surface area (Å²) in [7, 11) is 0. The zero-order valence-electron chi connectivity index (χ0n) is 13.0. The molecule has 19 heavy (non-hydrogen) atoms. The van der Waals surface area contributed by atoms with Crippen LogP contribution in [0.5, 0.6) is 0 Å². The lowest BCUT2D eigenvalue weighted by atomic mass is 9.92. The lowest BCUT2D eigenvalue weighted by molar-refractivity contribution is -0.126. The Kier molecular flexibility index (Phi) is 8.94. The molecule has 2 nitrogen and oxygen atoms in total. The summed E-state index contributed by atoms with van der Waals surface area (Å²) in [6, 6.07) is 0.369. The third-order valence-electron chi connectivity index (χ3n) is 4.36. The third-order valence-corrected chi connectivity index (χ3v) is 4.36. The van der Waals surface area contributed by atoms with Crippen LogP contribution >= 0.6 is 0 Å². The molecule has 0 radical (unpaired) electrons. The van der Waals surface area contributed by atoms with Gasteiger partial charge in [-0.2, -0.15) is 0 Å². The highest BCUT2D eigenvalue weighted by atomic mass is 16.1. The molecule has 0 aromatic rings. The SMILES string of the molecule is CCCCCCCC1CCCCCCC(C)NC1=O. The molecule has 1 aliphatic heterocycles. The Bertz CT molecular complexity index is 239. The molecule has 0 aliphatic carbocycles. The summed E-state index contributed by atoms with van der Waals surface area (Å²) in [5, 5.41) is 3.21. The first-order valence-corrected chi connectivity index (χ1v) is 8.54. The molecule has 1 heterocycles. The standard InChI is InChI=1S/C17H33NO/c1-3-4-5-6-10-13-16-14-11-8-7-9-12-15(2)18-17(16)19/h15-16H,3-14H2,1-2H3,(H,18,19). The number of rotatable bonds is 6. The highest BCUT2D eigenvalue weighted by molar-refractivity contribution is 5.78. The van der Waals surface area contributed by atoms with Crippen molar-refractivity contribution in [3.05, 3.63) is 0 Å². The Labute approximate surface area is 119 Å². The fraction of sp³-hybridized carbons (Fsp3) is 0.941. The zero-order valence-corrected chi connectivity index (χ0v) is 13.0. The summed E-state index contributed by atoms with van der Waals surface area (Å²) in [6.45, 7) is 4.40. The van der Waals surface area contributed by atoms with Gasteiger partial charge >= 0.3 is 0 Å². The molecule has 0 bridgehead atoms. The molecular formula is C17H33NO. The molecule has 2 atom stereocenters. The van der Waals surface area contributed by atoms with E-state index in [0.717, 1.165) is 19.3 Å². The lowest BCUT2D eigenvalue weighted by Crippen LogP contribution is -2.37. The van der Waals surface area contributed by atoms with Crippen molar-refractivity contribution in [2.24, 2.45) is 5.92 Å². The largest absolute Gasteiger partial charge is 0.353 e. The molecule has 2 unspecified atom stereocenters. The number of carbonyl (C=O) groups excluding carboxylic acids is 1. The van der Waals surface area contributed by atoms with Crippen LogP contribution < -0.4 is 5.32 Å². The van der Waals surface area contributed by atoms with Gasteiger partial charge in [0.25, 0.3) is 0 Å². The third kappa shape index (κ3) is 7.59. The number of amides is 1. The molecule has 1 rings (SSSR count). The second-order valence-corrected chi connectivity index (χ2v) is 6.30. The Morgan fingerprint density at radius 1 is 1.00 bits per heavy atom. The highest BCUT2D eigenvalue weighted by Gasteiger charge is 2.20. The maximum absolute atomic E-state index is 12.3. The topological polar surface area (TPSA) is 29.1 Å². The van der Waals surface area contributed by atoms with Gasteiger partial charge in [0.1, 0.15) is 0 Å². The van der Waals surface area contributed by atoms with Gasteiger partial charge in [-0.05, 0) is 26.2 Å². The molecule has 0 aromatic carbocycles. The monoisotopic (exact) mass is 267 g/mol. The molecule has 1 amide bonds. The van der Waals surface area contributed by atoms with E-state index >= 15 is 0 Å². The molecule has 0 aromatic heterocycles. The zero-order chi connectivity index (χ0) is 13.9. The van der Waals surface area contributed by atoms with Crippen LogP contribution in [0.2, 0.25) is 0 Å². The van der Waals surface area contributed by atoms with Crippen LogP contribution in [-0.4, -0.2) is 11.9 Å². The number of nitrogens with one attached hydrogen (secondary N) is 1. The van der Waals surface area contributed by atoms with Crippen LogP contribution in [0.3, 0.4) is 0 Å². The average molecular weight is 267 g/mol. The molecule has 0 spiro atoms. The normalized spacial score (nSPS) is 25.9. The number of hydrogen-bond donors (Lipinski definition) is 1. The summed E-state index contributed by atoms with van der Waals surface area (Å²) in [5.41, 5.74) is 0. The van der Waals surface area contributed by atoms with Crippen LogP contribution in [0.4, 0.5) is 0 Å². The van der Waals surface area contributed by atoms with E-state index in [9.17, 15) is 4.79 Å². The molecule has 1 fully saturated rings. The molecule has 0 saturated carbocycles. The van der Waals surface area contributed by atoms with Crippen molar-refractivity contribution < 1.29 is 4.79 Å². The summed E-state index contributed by atoms with van der Waals surface area (Å²) < 4.78 is 0. The van der Waals surface area contributed by atoms with Crippen LogP contribution in [0.15, 0.2) is 0 Å². The second-order valence-electron chi connectivity index (χ2n) is 6.30. The first kappa shape index (κ1) is 16.5. The van der Waals surface area contributed by atoms with Crippen LogP contribution in [0, 0.1) is 5.92 Å². The van der Waals surface area contributed by atoms with Crippen molar-refractivity contribution in [2.45, 2.75) is 96.9 Å². The van der Waals surface area contributed by atoms with Crippen molar-refractivity contribution in [3.8, 4) is 0 Å². The highest BCUT2D eigenvalue weighted by Crippen LogP contribution is 2.21. The van der Waals surface area contributed by atoms with Gasteiger partial charge in [0.15, 0.2) is 0 Å². The molecule has 1 saturated heterocycles. The summed E-state index contributed by atoms with van der Waals surface area (Å²) in [6.07, 6.45) is 15.0. The molecular weight excluding hydrogens is 234 g/mol. The minimum Gasteiger partial charge on any atom is -0.353 e. The lowest BCUT2D eigenvalue weighted by Gasteiger charge is -2.22. The fourth-order valence-corrected chi connectivity index (χ4v) is 3.03. The number of unbranched alkanes of at least 4 members (excludes halogenated alkanes) is 4. The van der Waals surface area contributed by atoms with Crippen molar-refractivity contribution in [3.63, 3.8) is 0 Å². The first-order chi connectivity index (χ1) is 9.24. The average Bonchev–Trinajstić information content (AvgIpc) is 2.39. The molecule has 112 valence electrons. The van der Waals surface area contributed by atoms with Gasteiger partial charge in [0, 0.05) is 12.0 Å². The summed E-state index contributed by atoms with van der Waals surface area (Å²) in [5.74, 6) is 0.604. The quantitative estimate of drug-likeness (QED) is 0.687. The first-order valence-electron chi connectivity index (χ1n) is 8.54. The van der Waals surface area contributed by atoms with E-state index in [1.807, 2.05) is 0 Å². The minimum absolute atomic E-state index is 0.280. The van der Waals surface area contributed by atoms with E-state index in [-0.39, 0.29) is 5.92 Å². The van der Waals surface area contributed by atoms with E-state index < -0.39 is 0 Å². The van der Waals surface area contributed by atoms with Crippen molar-refractivity contribution >= 4 is 5.91 Å². The maximum Gasteiger partial charge on any atom is 0.223 e. The molecule has 1 aliphatic rings. The smallest absolute Gasteiger partial charge is 0.223 e. The van der Waals surface area contributed by atoms with Crippen LogP contribution in [0.1, 0.15) is 90.9 Å². The summed E-state index contributed by atoms with van der Waals surface area (Å²) >= 11 is 0. The predicted octanol–water partition coefficient (Wildman–Crippen LogP) is 4.82. The fourth-order valence-electron chi connectivity index (χ4n) is 3.03. The molecule has 2 heteroatoms.